The first-order valence-corrected chi connectivity index (χ1v) is 13.3. The molecule has 0 saturated carbocycles. The molecule has 2 aliphatic heterocycles. The smallest absolute Gasteiger partial charge is 0.242 e. The van der Waals surface area contributed by atoms with E-state index >= 15 is 0 Å². The molecule has 1 unspecified atom stereocenters. The Morgan fingerprint density at radius 3 is 2.65 bits per heavy atom. The van der Waals surface area contributed by atoms with Gasteiger partial charge in [-0.05, 0) is 31.4 Å². The standard InChI is InChI=1S/C20H33N5O4S2/c1-24(2)19(26)13-25-8-6-15(7-9-25)23-31(27,28)17-11-18(29-3)20(21-12-17)22-16-5-4-10-30-14-16/h11-12,15-16,23H,4-10,13-14H2,1-3H3,(H,21,22). The Labute approximate surface area is 189 Å². The molecule has 9 nitrogen and oxygen atoms in total. The summed E-state index contributed by atoms with van der Waals surface area (Å²) in [6.45, 7) is 1.72. The molecule has 3 heterocycles. The van der Waals surface area contributed by atoms with Crippen molar-refractivity contribution < 1.29 is 17.9 Å². The van der Waals surface area contributed by atoms with Gasteiger partial charge in [0, 0.05) is 57.3 Å². The summed E-state index contributed by atoms with van der Waals surface area (Å²) in [6.07, 6.45) is 4.92. The molecular formula is C20H33N5O4S2. The fourth-order valence-electron chi connectivity index (χ4n) is 3.71. The molecule has 0 spiro atoms. The molecule has 31 heavy (non-hydrogen) atoms. The number of amides is 1. The SMILES string of the molecule is COc1cc(S(=O)(=O)NC2CCN(CC(=O)N(C)C)CC2)cnc1NC1CCCSC1. The van der Waals surface area contributed by atoms with Gasteiger partial charge in [0.1, 0.15) is 4.90 Å². The second-order valence-electron chi connectivity index (χ2n) is 8.24. The fraction of sp³-hybridized carbons (Fsp3) is 0.700. The second-order valence-corrected chi connectivity index (χ2v) is 11.1. The van der Waals surface area contributed by atoms with E-state index in [2.05, 4.69) is 19.9 Å². The zero-order valence-electron chi connectivity index (χ0n) is 18.5. The van der Waals surface area contributed by atoms with Crippen molar-refractivity contribution in [1.82, 2.24) is 19.5 Å². The van der Waals surface area contributed by atoms with Crippen molar-refractivity contribution in [2.45, 2.75) is 42.7 Å². The Morgan fingerprint density at radius 1 is 1.29 bits per heavy atom. The van der Waals surface area contributed by atoms with E-state index < -0.39 is 10.0 Å². The number of likely N-dealkylation sites (tertiary alicyclic amines) is 1. The molecule has 1 amide bonds. The maximum absolute atomic E-state index is 12.9. The summed E-state index contributed by atoms with van der Waals surface area (Å²) in [7, 11) is 1.28. The molecular weight excluding hydrogens is 438 g/mol. The summed E-state index contributed by atoms with van der Waals surface area (Å²) in [5.74, 6) is 3.24. The molecule has 11 heteroatoms. The molecule has 3 rings (SSSR count). The van der Waals surface area contributed by atoms with Crippen LogP contribution in [0.3, 0.4) is 0 Å². The van der Waals surface area contributed by atoms with Gasteiger partial charge in [-0.1, -0.05) is 0 Å². The minimum Gasteiger partial charge on any atom is -0.493 e. The summed E-state index contributed by atoms with van der Waals surface area (Å²) < 4.78 is 34.0. The van der Waals surface area contributed by atoms with E-state index in [-0.39, 0.29) is 16.8 Å². The summed E-state index contributed by atoms with van der Waals surface area (Å²) >= 11 is 1.91. The van der Waals surface area contributed by atoms with Crippen LogP contribution >= 0.6 is 11.8 Å². The zero-order valence-corrected chi connectivity index (χ0v) is 20.1. The van der Waals surface area contributed by atoms with E-state index in [9.17, 15) is 13.2 Å². The molecule has 1 aromatic heterocycles. The number of rotatable bonds is 8. The molecule has 1 atom stereocenters. The van der Waals surface area contributed by atoms with Crippen LogP contribution in [0.2, 0.25) is 0 Å². The lowest BCUT2D eigenvalue weighted by Gasteiger charge is -2.32. The van der Waals surface area contributed by atoms with Crippen LogP contribution in [-0.2, 0) is 14.8 Å². The quantitative estimate of drug-likeness (QED) is 0.584. The van der Waals surface area contributed by atoms with Crippen LogP contribution in [0.5, 0.6) is 5.75 Å². The third-order valence-electron chi connectivity index (χ3n) is 5.63. The van der Waals surface area contributed by atoms with Crippen LogP contribution in [0.4, 0.5) is 5.82 Å². The molecule has 0 aromatic carbocycles. The van der Waals surface area contributed by atoms with E-state index in [4.69, 9.17) is 4.74 Å². The number of anilines is 1. The van der Waals surface area contributed by atoms with Gasteiger partial charge in [-0.2, -0.15) is 11.8 Å². The lowest BCUT2D eigenvalue weighted by atomic mass is 10.1. The predicted molar refractivity (Wildman–Crippen MR) is 123 cm³/mol. The minimum absolute atomic E-state index is 0.0534. The topological polar surface area (TPSA) is 104 Å². The highest BCUT2D eigenvalue weighted by Crippen LogP contribution is 2.28. The van der Waals surface area contributed by atoms with Crippen molar-refractivity contribution in [3.8, 4) is 5.75 Å². The van der Waals surface area contributed by atoms with Gasteiger partial charge in [0.05, 0.1) is 13.7 Å². The summed E-state index contributed by atoms with van der Waals surface area (Å²) in [6, 6.07) is 1.67. The lowest BCUT2D eigenvalue weighted by Crippen LogP contribution is -2.47. The number of carbonyl (C=O) groups excluding carboxylic acids is 1. The predicted octanol–water partition coefficient (Wildman–Crippen LogP) is 1.23. The summed E-state index contributed by atoms with van der Waals surface area (Å²) in [4.78, 5) is 19.9. The highest BCUT2D eigenvalue weighted by molar-refractivity contribution is 7.99. The number of pyridine rings is 1. The molecule has 1 aromatic rings. The van der Waals surface area contributed by atoms with Crippen LogP contribution < -0.4 is 14.8 Å². The Morgan fingerprint density at radius 2 is 2.03 bits per heavy atom. The number of methoxy groups -OCH3 is 1. The zero-order chi connectivity index (χ0) is 22.4. The van der Waals surface area contributed by atoms with Crippen molar-refractivity contribution in [3.63, 3.8) is 0 Å². The van der Waals surface area contributed by atoms with E-state index in [1.54, 1.807) is 19.0 Å². The van der Waals surface area contributed by atoms with Crippen LogP contribution in [0.1, 0.15) is 25.7 Å². The molecule has 2 aliphatic rings. The molecule has 0 aliphatic carbocycles. The number of nitrogens with one attached hydrogen (secondary N) is 2. The van der Waals surface area contributed by atoms with Crippen LogP contribution in [0, 0.1) is 0 Å². The minimum atomic E-state index is -3.71. The molecule has 2 fully saturated rings. The number of carbonyl (C=O) groups is 1. The number of hydrogen-bond acceptors (Lipinski definition) is 8. The molecule has 2 saturated heterocycles. The molecule has 0 bridgehead atoms. The van der Waals surface area contributed by atoms with Crippen molar-refractivity contribution in [3.05, 3.63) is 12.3 Å². The average Bonchev–Trinajstić information content (AvgIpc) is 2.75. The monoisotopic (exact) mass is 471 g/mol. The van der Waals surface area contributed by atoms with Gasteiger partial charge in [-0.15, -0.1) is 0 Å². The van der Waals surface area contributed by atoms with E-state index in [0.717, 1.165) is 18.6 Å². The number of aromatic nitrogens is 1. The number of ether oxygens (including phenoxy) is 1. The highest BCUT2D eigenvalue weighted by Gasteiger charge is 2.27. The van der Waals surface area contributed by atoms with Gasteiger partial charge in [0.25, 0.3) is 0 Å². The van der Waals surface area contributed by atoms with Gasteiger partial charge >= 0.3 is 0 Å². The second kappa shape index (κ2) is 10.8. The Hall–Kier alpha value is -1.56. The molecule has 174 valence electrons. The van der Waals surface area contributed by atoms with Gasteiger partial charge < -0.3 is 15.0 Å². The number of likely N-dealkylation sites (N-methyl/N-ethyl adjacent to an activating group) is 1. The van der Waals surface area contributed by atoms with Crippen molar-refractivity contribution in [1.29, 1.82) is 0 Å². The van der Waals surface area contributed by atoms with Gasteiger partial charge in [0.2, 0.25) is 15.9 Å². The fourth-order valence-corrected chi connectivity index (χ4v) is 6.05. The summed E-state index contributed by atoms with van der Waals surface area (Å²) in [5, 5.41) is 3.38. The van der Waals surface area contributed by atoms with Crippen molar-refractivity contribution >= 4 is 33.5 Å². The number of piperidine rings is 1. The Balaban J connectivity index is 1.59. The van der Waals surface area contributed by atoms with Gasteiger partial charge in [0.15, 0.2) is 11.6 Å². The van der Waals surface area contributed by atoms with E-state index in [1.807, 2.05) is 11.8 Å². The first-order chi connectivity index (χ1) is 14.8. The number of hydrogen-bond donors (Lipinski definition) is 2. The summed E-state index contributed by atoms with van der Waals surface area (Å²) in [5.41, 5.74) is 0. The average molecular weight is 472 g/mol. The largest absolute Gasteiger partial charge is 0.493 e. The maximum atomic E-state index is 12.9. The van der Waals surface area contributed by atoms with Crippen LogP contribution in [-0.4, -0.2) is 93.5 Å². The number of nitrogens with zero attached hydrogens (tertiary/aromatic N) is 3. The lowest BCUT2D eigenvalue weighted by molar-refractivity contribution is -0.130. The van der Waals surface area contributed by atoms with E-state index in [0.29, 0.717) is 50.1 Å². The van der Waals surface area contributed by atoms with Gasteiger partial charge in [-0.25, -0.2) is 18.1 Å². The Kier molecular flexibility index (Phi) is 8.43. The first kappa shape index (κ1) is 24.1. The molecule has 0 radical (unpaired) electrons. The van der Waals surface area contributed by atoms with Crippen LogP contribution in [0.25, 0.3) is 0 Å². The maximum Gasteiger partial charge on any atom is 0.242 e. The normalized spacial score (nSPS) is 20.9. The number of sulfonamides is 1. The Bertz CT molecular complexity index is 851. The number of thioether (sulfide) groups is 1. The third kappa shape index (κ3) is 6.71. The molecule has 2 N–H and O–H groups in total. The van der Waals surface area contributed by atoms with Crippen molar-refractivity contribution in [2.24, 2.45) is 0 Å². The third-order valence-corrected chi connectivity index (χ3v) is 8.33. The van der Waals surface area contributed by atoms with Crippen LogP contribution in [0.15, 0.2) is 17.2 Å². The van der Waals surface area contributed by atoms with E-state index in [1.165, 1.54) is 25.1 Å². The van der Waals surface area contributed by atoms with Gasteiger partial charge in [-0.3, -0.25) is 9.69 Å². The van der Waals surface area contributed by atoms with Crippen molar-refractivity contribution in [2.75, 3.05) is 57.7 Å². The first-order valence-electron chi connectivity index (χ1n) is 10.6. The highest BCUT2D eigenvalue weighted by atomic mass is 32.2.